The van der Waals surface area contributed by atoms with E-state index < -0.39 is 0 Å². The molecule has 2 atom stereocenters. The van der Waals surface area contributed by atoms with Crippen LogP contribution in [0, 0.1) is 5.92 Å². The molecule has 1 aliphatic heterocycles. The standard InChI is InChI=1S/C20H16ClNO4/c21-17-8-4-3-5-12(17)15-11-16(15)20(25)26-10-9-22-18(23)13-6-1-2-7-14(13)19(22)24/h1-8,15-16H,9-11H2. The van der Waals surface area contributed by atoms with E-state index in [4.69, 9.17) is 16.3 Å². The quantitative estimate of drug-likeness (QED) is 0.599. The van der Waals surface area contributed by atoms with Crippen LogP contribution in [0.25, 0.3) is 0 Å². The Balaban J connectivity index is 1.31. The van der Waals surface area contributed by atoms with Crippen LogP contribution in [0.15, 0.2) is 48.5 Å². The Morgan fingerprint density at radius 3 is 2.31 bits per heavy atom. The van der Waals surface area contributed by atoms with E-state index in [0.29, 0.717) is 22.6 Å². The fourth-order valence-electron chi connectivity index (χ4n) is 3.36. The van der Waals surface area contributed by atoms with Crippen LogP contribution in [0.1, 0.15) is 38.6 Å². The Morgan fingerprint density at radius 1 is 1.04 bits per heavy atom. The summed E-state index contributed by atoms with van der Waals surface area (Å²) in [7, 11) is 0. The van der Waals surface area contributed by atoms with Crippen LogP contribution >= 0.6 is 11.6 Å². The summed E-state index contributed by atoms with van der Waals surface area (Å²) in [6, 6.07) is 14.2. The Labute approximate surface area is 155 Å². The minimum atomic E-state index is -0.345. The number of hydrogen-bond donors (Lipinski definition) is 0. The van der Waals surface area contributed by atoms with Gasteiger partial charge in [0.05, 0.1) is 23.6 Å². The molecular weight excluding hydrogens is 354 g/mol. The van der Waals surface area contributed by atoms with Gasteiger partial charge in [-0.15, -0.1) is 0 Å². The van der Waals surface area contributed by atoms with E-state index in [0.717, 1.165) is 10.5 Å². The van der Waals surface area contributed by atoms with Crippen molar-refractivity contribution in [3.05, 3.63) is 70.2 Å². The lowest BCUT2D eigenvalue weighted by Gasteiger charge is -2.13. The Hall–Kier alpha value is -2.66. The molecule has 5 nitrogen and oxygen atoms in total. The minimum absolute atomic E-state index is 0.00392. The summed E-state index contributed by atoms with van der Waals surface area (Å²) < 4.78 is 5.29. The normalized spacial score (nSPS) is 20.9. The Kier molecular flexibility index (Phi) is 4.24. The smallest absolute Gasteiger partial charge is 0.309 e. The van der Waals surface area contributed by atoms with E-state index >= 15 is 0 Å². The number of ether oxygens (including phenoxy) is 1. The highest BCUT2D eigenvalue weighted by Gasteiger charge is 2.46. The van der Waals surface area contributed by atoms with Crippen molar-refractivity contribution in [3.8, 4) is 0 Å². The number of hydrogen-bond acceptors (Lipinski definition) is 4. The number of fused-ring (bicyclic) bond motifs is 1. The van der Waals surface area contributed by atoms with Crippen LogP contribution in [0.5, 0.6) is 0 Å². The lowest BCUT2D eigenvalue weighted by atomic mass is 10.1. The molecule has 0 radical (unpaired) electrons. The predicted molar refractivity (Wildman–Crippen MR) is 95.1 cm³/mol. The van der Waals surface area contributed by atoms with Crippen LogP contribution in [0.3, 0.4) is 0 Å². The summed E-state index contributed by atoms with van der Waals surface area (Å²) in [6.45, 7) is 0.0532. The van der Waals surface area contributed by atoms with Gasteiger partial charge in [0.25, 0.3) is 11.8 Å². The molecule has 6 heteroatoms. The van der Waals surface area contributed by atoms with Gasteiger partial charge in [0.15, 0.2) is 0 Å². The SMILES string of the molecule is O=C(OCCN1C(=O)c2ccccc2C1=O)C1CC1c1ccccc1Cl. The first-order chi connectivity index (χ1) is 12.6. The van der Waals surface area contributed by atoms with Crippen molar-refractivity contribution < 1.29 is 19.1 Å². The third-order valence-electron chi connectivity index (χ3n) is 4.84. The molecule has 2 aromatic carbocycles. The average Bonchev–Trinajstić information content (AvgIpc) is 3.41. The second kappa shape index (κ2) is 6.57. The molecule has 132 valence electrons. The maximum absolute atomic E-state index is 12.3. The van der Waals surface area contributed by atoms with Gasteiger partial charge in [0.1, 0.15) is 6.61 Å². The van der Waals surface area contributed by atoms with Crippen LogP contribution in [0.4, 0.5) is 0 Å². The van der Waals surface area contributed by atoms with Gasteiger partial charge >= 0.3 is 5.97 Å². The molecule has 0 spiro atoms. The van der Waals surface area contributed by atoms with Gasteiger partial charge in [-0.05, 0) is 36.1 Å². The van der Waals surface area contributed by atoms with Crippen molar-refractivity contribution >= 4 is 29.4 Å². The molecule has 1 fully saturated rings. The molecule has 2 aromatic rings. The van der Waals surface area contributed by atoms with Crippen molar-refractivity contribution in [1.29, 1.82) is 0 Å². The number of carbonyl (C=O) groups excluding carboxylic acids is 3. The van der Waals surface area contributed by atoms with Gasteiger partial charge in [0.2, 0.25) is 0 Å². The number of amides is 2. The Morgan fingerprint density at radius 2 is 1.65 bits per heavy atom. The second-order valence-corrected chi connectivity index (χ2v) is 6.85. The number of rotatable bonds is 5. The third kappa shape index (κ3) is 2.88. The first kappa shape index (κ1) is 16.8. The highest BCUT2D eigenvalue weighted by molar-refractivity contribution is 6.31. The zero-order valence-corrected chi connectivity index (χ0v) is 14.6. The van der Waals surface area contributed by atoms with Crippen LogP contribution in [0.2, 0.25) is 5.02 Å². The zero-order valence-electron chi connectivity index (χ0n) is 13.9. The maximum Gasteiger partial charge on any atom is 0.309 e. The molecule has 1 heterocycles. The fourth-order valence-corrected chi connectivity index (χ4v) is 3.64. The van der Waals surface area contributed by atoms with E-state index in [1.807, 2.05) is 18.2 Å². The second-order valence-electron chi connectivity index (χ2n) is 6.45. The molecule has 1 aliphatic carbocycles. The summed E-state index contributed by atoms with van der Waals surface area (Å²) in [4.78, 5) is 37.8. The third-order valence-corrected chi connectivity index (χ3v) is 5.18. The van der Waals surface area contributed by atoms with Gasteiger partial charge < -0.3 is 4.74 Å². The van der Waals surface area contributed by atoms with Crippen molar-refractivity contribution in [2.75, 3.05) is 13.2 Å². The highest BCUT2D eigenvalue weighted by atomic mass is 35.5. The monoisotopic (exact) mass is 369 g/mol. The van der Waals surface area contributed by atoms with E-state index in [1.165, 1.54) is 0 Å². The summed E-state index contributed by atoms with van der Waals surface area (Å²) in [6.07, 6.45) is 0.704. The molecule has 0 aromatic heterocycles. The van der Waals surface area contributed by atoms with Crippen molar-refractivity contribution in [2.24, 2.45) is 5.92 Å². The van der Waals surface area contributed by atoms with Gasteiger partial charge in [-0.2, -0.15) is 0 Å². The number of benzene rings is 2. The van der Waals surface area contributed by atoms with Crippen molar-refractivity contribution in [1.82, 2.24) is 4.90 Å². The largest absolute Gasteiger partial charge is 0.464 e. The van der Waals surface area contributed by atoms with Gasteiger partial charge in [0, 0.05) is 5.02 Å². The molecule has 2 amide bonds. The fraction of sp³-hybridized carbons (Fsp3) is 0.250. The number of carbonyl (C=O) groups is 3. The lowest BCUT2D eigenvalue weighted by Crippen LogP contribution is -2.33. The van der Waals surface area contributed by atoms with E-state index in [2.05, 4.69) is 0 Å². The molecule has 2 unspecified atom stereocenters. The van der Waals surface area contributed by atoms with Crippen LogP contribution in [-0.4, -0.2) is 35.8 Å². The van der Waals surface area contributed by atoms with Gasteiger partial charge in [-0.3, -0.25) is 19.3 Å². The predicted octanol–water partition coefficient (Wildman–Crippen LogP) is 3.28. The van der Waals surface area contributed by atoms with Gasteiger partial charge in [-0.1, -0.05) is 41.9 Å². The molecule has 26 heavy (non-hydrogen) atoms. The highest BCUT2D eigenvalue weighted by Crippen LogP contribution is 2.50. The minimum Gasteiger partial charge on any atom is -0.464 e. The van der Waals surface area contributed by atoms with Gasteiger partial charge in [-0.25, -0.2) is 0 Å². The summed E-state index contributed by atoms with van der Waals surface area (Å²) >= 11 is 6.16. The maximum atomic E-state index is 12.3. The molecular formula is C20H16ClNO4. The van der Waals surface area contributed by atoms with Crippen LogP contribution in [-0.2, 0) is 9.53 Å². The number of imide groups is 1. The van der Waals surface area contributed by atoms with Crippen molar-refractivity contribution in [3.63, 3.8) is 0 Å². The molecule has 0 saturated heterocycles. The van der Waals surface area contributed by atoms with E-state index in [1.54, 1.807) is 30.3 Å². The zero-order chi connectivity index (χ0) is 18.3. The van der Waals surface area contributed by atoms with E-state index in [9.17, 15) is 14.4 Å². The molecule has 2 aliphatic rings. The van der Waals surface area contributed by atoms with E-state index in [-0.39, 0.29) is 42.8 Å². The summed E-state index contributed by atoms with van der Waals surface area (Å²) in [5.41, 5.74) is 1.74. The summed E-state index contributed by atoms with van der Waals surface area (Å²) in [5.74, 6) is -1.14. The molecule has 0 N–H and O–H groups in total. The first-order valence-electron chi connectivity index (χ1n) is 8.44. The number of halogens is 1. The average molecular weight is 370 g/mol. The Bertz CT molecular complexity index is 875. The number of nitrogens with zero attached hydrogens (tertiary/aromatic N) is 1. The topological polar surface area (TPSA) is 63.7 Å². The summed E-state index contributed by atoms with van der Waals surface area (Å²) in [5, 5.41) is 0.652. The first-order valence-corrected chi connectivity index (χ1v) is 8.82. The lowest BCUT2D eigenvalue weighted by molar-refractivity contribution is -0.145. The molecule has 4 rings (SSSR count). The van der Waals surface area contributed by atoms with Crippen LogP contribution < -0.4 is 0 Å². The van der Waals surface area contributed by atoms with Crippen molar-refractivity contribution in [2.45, 2.75) is 12.3 Å². The molecule has 0 bridgehead atoms. The number of esters is 1. The molecule has 1 saturated carbocycles.